The number of carbonyl (C=O) groups is 10. The molecule has 502 valence electrons. The van der Waals surface area contributed by atoms with Gasteiger partial charge in [0.15, 0.2) is 17.9 Å². The van der Waals surface area contributed by atoms with Crippen molar-refractivity contribution < 1.29 is 63.3 Å². The number of aliphatic hydroxyl groups is 2. The van der Waals surface area contributed by atoms with E-state index in [2.05, 4.69) is 46.9 Å². The molecule has 92 heavy (non-hydrogen) atoms. The number of nitrogens with one attached hydrogen (secondary N) is 6. The average molecular weight is 1300 g/mol. The minimum Gasteiger partial charge on any atom is -0.480 e. The van der Waals surface area contributed by atoms with Crippen LogP contribution in [0.3, 0.4) is 0 Å². The molecule has 2 saturated heterocycles. The lowest BCUT2D eigenvalue weighted by molar-refractivity contribution is -0.148. The normalized spacial score (nSPS) is 17.4. The van der Waals surface area contributed by atoms with E-state index in [-0.39, 0.29) is 115 Å². The number of hydrogen-bond donors (Lipinski definition) is 16. The van der Waals surface area contributed by atoms with Crippen molar-refractivity contribution in [2.75, 3.05) is 45.9 Å². The Morgan fingerprint density at radius 3 is 1.77 bits per heavy atom. The van der Waals surface area contributed by atoms with Gasteiger partial charge in [0.2, 0.25) is 53.2 Å². The van der Waals surface area contributed by atoms with Crippen LogP contribution in [0.5, 0.6) is 0 Å². The van der Waals surface area contributed by atoms with Crippen molar-refractivity contribution in [3.05, 3.63) is 94.2 Å². The first-order chi connectivity index (χ1) is 43.9. The quantitative estimate of drug-likeness (QED) is 0.0147. The van der Waals surface area contributed by atoms with Crippen LogP contribution >= 0.6 is 11.3 Å². The number of β-amino-alcohol motifs (C(OH)–C–C–N with tert-alkyl or cyclic N) is 1. The number of aliphatic imine (C=N–C) groups is 3. The fraction of sp³-hybridized carbons (Fsp3) is 0.508. The molecule has 1 aromatic heterocycles. The number of rotatable bonds is 36. The molecule has 0 bridgehead atoms. The summed E-state index contributed by atoms with van der Waals surface area (Å²) in [5.74, 6) is -9.07. The minimum absolute atomic E-state index is 0.0587. The largest absolute Gasteiger partial charge is 0.480 e. The number of carbonyl (C=O) groups excluding carboxylic acids is 9. The highest BCUT2D eigenvalue weighted by Gasteiger charge is 2.46. The molecule has 33 heteroatoms. The second-order valence-corrected chi connectivity index (χ2v) is 23.3. The van der Waals surface area contributed by atoms with Gasteiger partial charge in [-0.2, -0.15) is 0 Å². The van der Waals surface area contributed by atoms with Gasteiger partial charge < -0.3 is 102 Å². The van der Waals surface area contributed by atoms with E-state index in [1.165, 1.54) is 28.1 Å². The first-order valence-electron chi connectivity index (χ1n) is 30.1. The molecule has 2 aliphatic heterocycles. The van der Waals surface area contributed by atoms with E-state index in [4.69, 9.17) is 40.1 Å². The third-order valence-electron chi connectivity index (χ3n) is 15.2. The number of hydrogen-bond acceptors (Lipinski definition) is 17. The molecule has 0 aliphatic carbocycles. The number of aliphatic hydroxyl groups excluding tert-OH is 2. The van der Waals surface area contributed by atoms with E-state index >= 15 is 0 Å². The van der Waals surface area contributed by atoms with E-state index in [1.807, 2.05) is 0 Å². The molecule has 23 N–H and O–H groups in total. The molecule has 2 aromatic carbocycles. The molecule has 3 heterocycles. The van der Waals surface area contributed by atoms with E-state index < -0.39 is 133 Å². The van der Waals surface area contributed by atoms with Crippen molar-refractivity contribution in [1.82, 2.24) is 46.6 Å². The van der Waals surface area contributed by atoms with Crippen LogP contribution in [-0.2, 0) is 67.3 Å². The lowest BCUT2D eigenvalue weighted by Gasteiger charge is -2.33. The topological polar surface area (TPSA) is 533 Å². The zero-order valence-electron chi connectivity index (χ0n) is 51.3. The van der Waals surface area contributed by atoms with E-state index in [1.54, 1.807) is 78.2 Å². The van der Waals surface area contributed by atoms with Gasteiger partial charge in [0.05, 0.1) is 25.3 Å². The van der Waals surface area contributed by atoms with Crippen LogP contribution in [0, 0.1) is 0 Å². The molecular weight excluding hydrogens is 1210 g/mol. The van der Waals surface area contributed by atoms with Crippen LogP contribution in [0.4, 0.5) is 0 Å². The summed E-state index contributed by atoms with van der Waals surface area (Å²) >= 11 is 1.25. The van der Waals surface area contributed by atoms with Gasteiger partial charge in [-0.05, 0) is 80.9 Å². The van der Waals surface area contributed by atoms with Crippen molar-refractivity contribution in [1.29, 1.82) is 0 Å². The standard InChI is InChI=1S/C59H87N19O13S/c1-34(48(82)73-41(56(90)91)20-10-24-69-59(65)66)77(31-36-15-6-3-7-16-36)54(88)43(27-35-13-4-2-5-14-35)74-51(85)44(33-79)75-50(84)42(29-38-17-12-26-92-38)71-47(81)30-70-52(86)46-28-37(80)32-78(46)55(89)45-21-11-25-76(45)53(87)40(19-9-23-68-58(63)64)72-49(83)39(60)18-8-22-67-57(61)62/h2-7,12-17,26,34,37,39-46,79-80H,8-11,18-25,27-33,60H2,1H3,(H,70,86)(H,71,81)(H,72,83)(H,73,82)(H,74,85)(H,75,84)(H,90,91)(H4,61,62,67)(H4,63,64,68)(H4,65,66,69)/t34-,37+,39+,40-,41-,42-,43+,44-,45-,46-/m0/s1. The monoisotopic (exact) mass is 1300 g/mol. The molecule has 3 aromatic rings. The van der Waals surface area contributed by atoms with Crippen molar-refractivity contribution >= 4 is 88.3 Å². The van der Waals surface area contributed by atoms with Crippen LogP contribution in [0.25, 0.3) is 0 Å². The maximum absolute atomic E-state index is 15.0. The van der Waals surface area contributed by atoms with Crippen LogP contribution in [-0.4, -0.2) is 213 Å². The Bertz CT molecular complexity index is 3060. The Morgan fingerprint density at radius 2 is 1.20 bits per heavy atom. The fourth-order valence-electron chi connectivity index (χ4n) is 10.4. The van der Waals surface area contributed by atoms with Crippen molar-refractivity contribution in [2.45, 2.75) is 145 Å². The molecule has 0 saturated carbocycles. The second kappa shape index (κ2) is 37.0. The summed E-state index contributed by atoms with van der Waals surface area (Å²) in [4.78, 5) is 156. The van der Waals surface area contributed by atoms with Crippen molar-refractivity contribution in [2.24, 2.45) is 55.1 Å². The zero-order valence-corrected chi connectivity index (χ0v) is 52.1. The number of nitrogens with two attached hydrogens (primary N) is 7. The lowest BCUT2D eigenvalue weighted by Crippen LogP contribution is -2.60. The maximum atomic E-state index is 15.0. The van der Waals surface area contributed by atoms with E-state index in [0.29, 0.717) is 28.8 Å². The summed E-state index contributed by atoms with van der Waals surface area (Å²) in [5, 5.41) is 48.6. The first-order valence-corrected chi connectivity index (χ1v) is 31.0. The van der Waals surface area contributed by atoms with Gasteiger partial charge in [0, 0.05) is 63.4 Å². The predicted molar refractivity (Wildman–Crippen MR) is 341 cm³/mol. The van der Waals surface area contributed by atoms with Crippen molar-refractivity contribution in [3.8, 4) is 0 Å². The summed E-state index contributed by atoms with van der Waals surface area (Å²) in [7, 11) is 0. The summed E-state index contributed by atoms with van der Waals surface area (Å²) in [6.07, 6.45) is -0.130. The molecule has 10 atom stereocenters. The Balaban J connectivity index is 1.29. The molecule has 0 radical (unpaired) electrons. The second-order valence-electron chi connectivity index (χ2n) is 22.2. The summed E-state index contributed by atoms with van der Waals surface area (Å²) in [6.45, 7) is -0.272. The summed E-state index contributed by atoms with van der Waals surface area (Å²) in [6, 6.07) is 8.52. The number of carboxylic acid groups (broad SMARTS) is 1. The maximum Gasteiger partial charge on any atom is 0.326 e. The van der Waals surface area contributed by atoms with Gasteiger partial charge in [-0.15, -0.1) is 11.3 Å². The molecule has 0 spiro atoms. The molecule has 0 unspecified atom stereocenters. The van der Waals surface area contributed by atoms with Gasteiger partial charge in [0.25, 0.3) is 0 Å². The molecular formula is C59H87N19O13S. The molecule has 32 nitrogen and oxygen atoms in total. The Hall–Kier alpha value is -9.47. The van der Waals surface area contributed by atoms with Gasteiger partial charge in [-0.25, -0.2) is 4.79 Å². The number of amides is 9. The summed E-state index contributed by atoms with van der Waals surface area (Å²) in [5.41, 5.74) is 39.9. The number of nitrogens with zero attached hydrogens (tertiary/aromatic N) is 6. The third-order valence-corrected chi connectivity index (χ3v) is 16.1. The number of guanidine groups is 3. The number of aliphatic carboxylic acids is 1. The predicted octanol–water partition coefficient (Wildman–Crippen LogP) is -4.99. The number of likely N-dealkylation sites (tertiary alicyclic amines) is 2. The van der Waals surface area contributed by atoms with E-state index in [9.17, 15) is 63.3 Å². The fourth-order valence-corrected chi connectivity index (χ4v) is 11.2. The third kappa shape index (κ3) is 23.4. The van der Waals surface area contributed by atoms with Crippen LogP contribution < -0.4 is 72.0 Å². The highest BCUT2D eigenvalue weighted by molar-refractivity contribution is 7.09. The van der Waals surface area contributed by atoms with Crippen molar-refractivity contribution in [3.63, 3.8) is 0 Å². The van der Waals surface area contributed by atoms with Gasteiger partial charge in [-0.1, -0.05) is 66.7 Å². The number of thiophene rings is 1. The van der Waals surface area contributed by atoms with Crippen LogP contribution in [0.2, 0.25) is 0 Å². The molecule has 2 fully saturated rings. The Labute approximate surface area is 536 Å². The average Bonchev–Trinajstić information content (AvgIpc) is 1.62. The van der Waals surface area contributed by atoms with Gasteiger partial charge in [0.1, 0.15) is 48.3 Å². The van der Waals surface area contributed by atoms with Crippen LogP contribution in [0.15, 0.2) is 93.2 Å². The van der Waals surface area contributed by atoms with E-state index in [0.717, 1.165) is 4.90 Å². The highest BCUT2D eigenvalue weighted by atomic mass is 32.1. The summed E-state index contributed by atoms with van der Waals surface area (Å²) < 4.78 is 0. The first kappa shape index (κ1) is 73.3. The number of benzene rings is 2. The van der Waals surface area contributed by atoms with Gasteiger partial charge in [-0.3, -0.25) is 58.1 Å². The van der Waals surface area contributed by atoms with Gasteiger partial charge >= 0.3 is 5.97 Å². The minimum atomic E-state index is -1.74. The zero-order chi connectivity index (χ0) is 67.4. The molecule has 2 aliphatic rings. The Morgan fingerprint density at radius 1 is 0.641 bits per heavy atom. The SMILES string of the molecule is C[C@@H](C(=O)N[C@@H](CCCN=C(N)N)C(=O)O)N(Cc1ccccc1)C(=O)[C@@H](Cc1ccccc1)NC(=O)[C@H](CO)NC(=O)[C@H](Cc1cccs1)NC(=O)CNC(=O)[C@@H]1C[C@@H](O)CN1C(=O)[C@@H]1CCCN1C(=O)[C@H](CCCN=C(N)N)NC(=O)[C@H](N)CCCN=C(N)N. The molecule has 5 rings (SSSR count). The molecule has 9 amide bonds. The smallest absolute Gasteiger partial charge is 0.326 e. The van der Waals surface area contributed by atoms with Crippen LogP contribution in [0.1, 0.15) is 80.7 Å². The lowest BCUT2D eigenvalue weighted by atomic mass is 10.0. The Kier molecular flexibility index (Phi) is 29.5. The highest BCUT2D eigenvalue weighted by Crippen LogP contribution is 2.27. The number of carboxylic acids is 1.